The molecule has 0 aromatic carbocycles. The second kappa shape index (κ2) is 6.45. The van der Waals surface area contributed by atoms with E-state index >= 15 is 0 Å². The van der Waals surface area contributed by atoms with Crippen LogP contribution in [0.15, 0.2) is 0 Å². The molecule has 2 rings (SSSR count). The summed E-state index contributed by atoms with van der Waals surface area (Å²) in [4.78, 5) is 12.1. The summed E-state index contributed by atoms with van der Waals surface area (Å²) in [6, 6.07) is -0.894. The molecule has 1 aromatic rings. The Balaban J connectivity index is 2.08. The normalized spacial score (nSPS) is 20.2. The van der Waals surface area contributed by atoms with Crippen LogP contribution in [0.25, 0.3) is 0 Å². The molecule has 1 aliphatic rings. The number of halogens is 4. The van der Waals surface area contributed by atoms with Crippen LogP contribution in [-0.4, -0.2) is 34.9 Å². The van der Waals surface area contributed by atoms with Crippen molar-refractivity contribution in [2.45, 2.75) is 45.0 Å². The lowest BCUT2D eigenvalue weighted by Crippen LogP contribution is -2.36. The fraction of sp³-hybridized carbons (Fsp3) is 0.692. The SMILES string of the molecule is Cc1c(Cl)c(C(F)(F)F)nn1[C@@H](C)C(=O)NC[C@H]1CCCO1. The van der Waals surface area contributed by atoms with Crippen molar-refractivity contribution in [1.29, 1.82) is 0 Å². The lowest BCUT2D eigenvalue weighted by Gasteiger charge is -2.16. The number of rotatable bonds is 4. The minimum atomic E-state index is -4.65. The van der Waals surface area contributed by atoms with E-state index in [1.807, 2.05) is 0 Å². The van der Waals surface area contributed by atoms with Crippen molar-refractivity contribution >= 4 is 17.5 Å². The van der Waals surface area contributed by atoms with Crippen LogP contribution in [0.5, 0.6) is 0 Å². The molecule has 1 N–H and O–H groups in total. The van der Waals surface area contributed by atoms with Gasteiger partial charge in [0.15, 0.2) is 5.69 Å². The maximum Gasteiger partial charge on any atom is 0.436 e. The summed E-state index contributed by atoms with van der Waals surface area (Å²) in [5, 5.41) is 5.64. The second-order valence-electron chi connectivity index (χ2n) is 5.25. The van der Waals surface area contributed by atoms with Crippen molar-refractivity contribution in [3.8, 4) is 0 Å². The molecule has 1 amide bonds. The molecule has 0 radical (unpaired) electrons. The van der Waals surface area contributed by atoms with E-state index in [-0.39, 0.29) is 11.8 Å². The minimum absolute atomic E-state index is 0.0378. The van der Waals surface area contributed by atoms with Gasteiger partial charge in [0.1, 0.15) is 6.04 Å². The van der Waals surface area contributed by atoms with Crippen molar-refractivity contribution in [3.63, 3.8) is 0 Å². The van der Waals surface area contributed by atoms with Crippen LogP contribution < -0.4 is 5.32 Å². The number of nitrogens with zero attached hydrogens (tertiary/aromatic N) is 2. The van der Waals surface area contributed by atoms with Gasteiger partial charge in [0, 0.05) is 13.2 Å². The Morgan fingerprint density at radius 2 is 2.27 bits per heavy atom. The molecule has 0 aliphatic carbocycles. The first-order valence-corrected chi connectivity index (χ1v) is 7.30. The fourth-order valence-corrected chi connectivity index (χ4v) is 2.57. The first-order chi connectivity index (χ1) is 10.2. The number of carbonyl (C=O) groups is 1. The lowest BCUT2D eigenvalue weighted by molar-refractivity contribution is -0.141. The molecule has 1 fully saturated rings. The first-order valence-electron chi connectivity index (χ1n) is 6.93. The number of carbonyl (C=O) groups excluding carboxylic acids is 1. The number of hydrogen-bond acceptors (Lipinski definition) is 3. The molecule has 1 aliphatic heterocycles. The molecule has 5 nitrogen and oxygen atoms in total. The van der Waals surface area contributed by atoms with E-state index in [0.717, 1.165) is 17.5 Å². The summed E-state index contributed by atoms with van der Waals surface area (Å²) in [7, 11) is 0. The average Bonchev–Trinajstić information content (AvgIpc) is 3.04. The van der Waals surface area contributed by atoms with Crippen LogP contribution >= 0.6 is 11.6 Å². The third kappa shape index (κ3) is 3.55. The number of hydrogen-bond donors (Lipinski definition) is 1. The van der Waals surface area contributed by atoms with E-state index < -0.39 is 28.8 Å². The van der Waals surface area contributed by atoms with Gasteiger partial charge >= 0.3 is 6.18 Å². The highest BCUT2D eigenvalue weighted by Crippen LogP contribution is 2.36. The average molecular weight is 340 g/mol. The Hall–Kier alpha value is -1.28. The number of amides is 1. The standard InChI is InChI=1S/C13H17ClF3N3O2/c1-7-10(14)11(13(15,16)17)19-20(7)8(2)12(21)18-6-9-4-3-5-22-9/h8-9H,3-6H2,1-2H3,(H,18,21)/t8-,9+/m0/s1. The molecule has 22 heavy (non-hydrogen) atoms. The van der Waals surface area contributed by atoms with Crippen molar-refractivity contribution in [1.82, 2.24) is 15.1 Å². The Morgan fingerprint density at radius 3 is 2.77 bits per heavy atom. The number of nitrogens with one attached hydrogen (secondary N) is 1. The van der Waals surface area contributed by atoms with Crippen LogP contribution in [-0.2, 0) is 15.7 Å². The van der Waals surface area contributed by atoms with Gasteiger partial charge in [-0.3, -0.25) is 9.48 Å². The second-order valence-corrected chi connectivity index (χ2v) is 5.62. The predicted molar refractivity (Wildman–Crippen MR) is 73.7 cm³/mol. The van der Waals surface area contributed by atoms with E-state index in [0.29, 0.717) is 13.2 Å². The summed E-state index contributed by atoms with van der Waals surface area (Å²) >= 11 is 5.67. The molecule has 2 atom stereocenters. The zero-order valence-electron chi connectivity index (χ0n) is 12.2. The number of ether oxygens (including phenoxy) is 1. The van der Waals surface area contributed by atoms with E-state index in [4.69, 9.17) is 16.3 Å². The third-order valence-corrected chi connectivity index (χ3v) is 4.07. The molecule has 0 bridgehead atoms. The number of alkyl halides is 3. The molecular formula is C13H17ClF3N3O2. The largest absolute Gasteiger partial charge is 0.436 e. The Kier molecular flexibility index (Phi) is 5.01. The van der Waals surface area contributed by atoms with Crippen LogP contribution in [0.2, 0.25) is 5.02 Å². The zero-order valence-corrected chi connectivity index (χ0v) is 13.0. The van der Waals surface area contributed by atoms with Gasteiger partial charge in [-0.15, -0.1) is 0 Å². The van der Waals surface area contributed by atoms with E-state index in [1.54, 1.807) is 0 Å². The van der Waals surface area contributed by atoms with Gasteiger partial charge < -0.3 is 10.1 Å². The summed E-state index contributed by atoms with van der Waals surface area (Å²) in [6.45, 7) is 3.87. The van der Waals surface area contributed by atoms with E-state index in [9.17, 15) is 18.0 Å². The van der Waals surface area contributed by atoms with Gasteiger partial charge in [0.2, 0.25) is 5.91 Å². The zero-order chi connectivity index (χ0) is 16.5. The fourth-order valence-electron chi connectivity index (χ4n) is 2.34. The Bertz CT molecular complexity index is 553. The van der Waals surface area contributed by atoms with Crippen LogP contribution in [0.1, 0.15) is 37.2 Å². The lowest BCUT2D eigenvalue weighted by atomic mass is 10.2. The van der Waals surface area contributed by atoms with Gasteiger partial charge in [-0.1, -0.05) is 11.6 Å². The van der Waals surface area contributed by atoms with Crippen molar-refractivity contribution in [2.75, 3.05) is 13.2 Å². The molecule has 1 saturated heterocycles. The van der Waals surface area contributed by atoms with Crippen molar-refractivity contribution in [3.05, 3.63) is 16.4 Å². The molecule has 0 saturated carbocycles. The highest BCUT2D eigenvalue weighted by atomic mass is 35.5. The van der Waals surface area contributed by atoms with Gasteiger partial charge in [0.25, 0.3) is 0 Å². The van der Waals surface area contributed by atoms with Crippen LogP contribution in [0.3, 0.4) is 0 Å². The minimum Gasteiger partial charge on any atom is -0.376 e. The molecule has 9 heteroatoms. The quantitative estimate of drug-likeness (QED) is 0.917. The van der Waals surface area contributed by atoms with Crippen molar-refractivity contribution < 1.29 is 22.7 Å². The van der Waals surface area contributed by atoms with Gasteiger partial charge in [0.05, 0.1) is 16.8 Å². The smallest absolute Gasteiger partial charge is 0.376 e. The van der Waals surface area contributed by atoms with E-state index in [2.05, 4.69) is 10.4 Å². The predicted octanol–water partition coefficient (Wildman–Crippen LogP) is 2.72. The molecule has 0 unspecified atom stereocenters. The molecule has 2 heterocycles. The highest BCUT2D eigenvalue weighted by molar-refractivity contribution is 6.32. The van der Waals surface area contributed by atoms with Crippen molar-refractivity contribution in [2.24, 2.45) is 0 Å². The third-order valence-electron chi connectivity index (χ3n) is 3.62. The first kappa shape index (κ1) is 17.1. The summed E-state index contributed by atoms with van der Waals surface area (Å²) in [5.74, 6) is -0.425. The number of aromatic nitrogens is 2. The summed E-state index contributed by atoms with van der Waals surface area (Å²) < 4.78 is 44.7. The summed E-state index contributed by atoms with van der Waals surface area (Å²) in [6.07, 6.45) is -2.89. The monoisotopic (exact) mass is 339 g/mol. The maximum atomic E-state index is 12.8. The topological polar surface area (TPSA) is 56.2 Å². The highest BCUT2D eigenvalue weighted by Gasteiger charge is 2.39. The molecule has 124 valence electrons. The Labute approximate surface area is 130 Å². The Morgan fingerprint density at radius 1 is 1.59 bits per heavy atom. The molecule has 0 spiro atoms. The van der Waals surface area contributed by atoms with E-state index in [1.165, 1.54) is 13.8 Å². The van der Waals surface area contributed by atoms with Gasteiger partial charge in [-0.05, 0) is 26.7 Å². The van der Waals surface area contributed by atoms with Gasteiger partial charge in [-0.25, -0.2) is 0 Å². The van der Waals surface area contributed by atoms with Crippen LogP contribution in [0.4, 0.5) is 13.2 Å². The molecule has 1 aromatic heterocycles. The molecular weight excluding hydrogens is 323 g/mol. The maximum absolute atomic E-state index is 12.8. The van der Waals surface area contributed by atoms with Crippen LogP contribution in [0, 0.1) is 6.92 Å². The summed E-state index contributed by atoms with van der Waals surface area (Å²) in [5.41, 5.74) is -1.07. The van der Waals surface area contributed by atoms with Gasteiger partial charge in [-0.2, -0.15) is 18.3 Å².